The van der Waals surface area contributed by atoms with Gasteiger partial charge in [0.25, 0.3) is 0 Å². The summed E-state index contributed by atoms with van der Waals surface area (Å²) in [6, 6.07) is 7.06. The van der Waals surface area contributed by atoms with Crippen LogP contribution >= 0.6 is 15.9 Å². The summed E-state index contributed by atoms with van der Waals surface area (Å²) in [5.41, 5.74) is 6.22. The maximum absolute atomic E-state index is 10.9. The van der Waals surface area contributed by atoms with E-state index in [2.05, 4.69) is 20.9 Å². The second-order valence-corrected chi connectivity index (χ2v) is 4.53. The van der Waals surface area contributed by atoms with Gasteiger partial charge in [-0.2, -0.15) is 0 Å². The molecule has 0 bridgehead atoms. The van der Waals surface area contributed by atoms with Gasteiger partial charge in [-0.25, -0.2) is 0 Å². The molecule has 0 aliphatic heterocycles. The summed E-state index contributed by atoms with van der Waals surface area (Å²) in [6.07, 6.45) is 2.59. The van der Waals surface area contributed by atoms with Gasteiger partial charge in [0.15, 0.2) is 0 Å². The van der Waals surface area contributed by atoms with Gasteiger partial charge in [0.2, 0.25) is 5.75 Å². The molecule has 0 saturated carbocycles. The zero-order valence-corrected chi connectivity index (χ0v) is 11.3. The van der Waals surface area contributed by atoms with E-state index >= 15 is 0 Å². The minimum atomic E-state index is -0.542. The van der Waals surface area contributed by atoms with E-state index < -0.39 is 4.92 Å². The first-order valence-electron chi connectivity index (χ1n) is 5.36. The standard InChI is InChI=1S/C12H10BrN3O3/c13-10-6-15-7-11(16(17)18)12(10)19-9-3-1-2-8(4-9)5-14/h1-4,6-7H,5,14H2. The van der Waals surface area contributed by atoms with Crippen molar-refractivity contribution in [2.75, 3.05) is 0 Å². The van der Waals surface area contributed by atoms with Crippen LogP contribution in [0.15, 0.2) is 41.1 Å². The van der Waals surface area contributed by atoms with Crippen LogP contribution in [0.5, 0.6) is 11.5 Å². The molecule has 0 fully saturated rings. The predicted octanol–water partition coefficient (Wildman–Crippen LogP) is 3.00. The van der Waals surface area contributed by atoms with Crippen LogP contribution in [0.1, 0.15) is 5.56 Å². The van der Waals surface area contributed by atoms with Crippen molar-refractivity contribution >= 4 is 21.6 Å². The normalized spacial score (nSPS) is 10.2. The van der Waals surface area contributed by atoms with Gasteiger partial charge >= 0.3 is 5.69 Å². The Bertz CT molecular complexity index is 619. The highest BCUT2D eigenvalue weighted by molar-refractivity contribution is 9.10. The Hall–Kier alpha value is -1.99. The fourth-order valence-corrected chi connectivity index (χ4v) is 1.90. The number of benzene rings is 1. The lowest BCUT2D eigenvalue weighted by Crippen LogP contribution is -1.98. The van der Waals surface area contributed by atoms with Gasteiger partial charge in [-0.3, -0.25) is 15.1 Å². The Kier molecular flexibility index (Phi) is 4.08. The fraction of sp³-hybridized carbons (Fsp3) is 0.0833. The highest BCUT2D eigenvalue weighted by Crippen LogP contribution is 2.37. The molecule has 2 aromatic rings. The first-order chi connectivity index (χ1) is 9.11. The van der Waals surface area contributed by atoms with E-state index in [1.807, 2.05) is 6.07 Å². The summed E-state index contributed by atoms with van der Waals surface area (Å²) in [5, 5.41) is 10.9. The van der Waals surface area contributed by atoms with Gasteiger partial charge in [-0.05, 0) is 33.6 Å². The van der Waals surface area contributed by atoms with E-state index in [0.717, 1.165) is 11.8 Å². The third-order valence-corrected chi connectivity index (χ3v) is 2.95. The number of nitrogens with two attached hydrogens (primary N) is 1. The average molecular weight is 324 g/mol. The highest BCUT2D eigenvalue weighted by atomic mass is 79.9. The molecule has 0 radical (unpaired) electrons. The van der Waals surface area contributed by atoms with Gasteiger partial charge in [-0.1, -0.05) is 12.1 Å². The van der Waals surface area contributed by atoms with Crippen molar-refractivity contribution < 1.29 is 9.66 Å². The van der Waals surface area contributed by atoms with Crippen LogP contribution in [0.25, 0.3) is 0 Å². The van der Waals surface area contributed by atoms with Crippen LogP contribution in [-0.4, -0.2) is 9.91 Å². The van der Waals surface area contributed by atoms with Gasteiger partial charge < -0.3 is 10.5 Å². The number of hydrogen-bond acceptors (Lipinski definition) is 5. The zero-order valence-electron chi connectivity index (χ0n) is 9.75. The molecule has 1 heterocycles. The fourth-order valence-electron chi connectivity index (χ4n) is 1.50. The molecular formula is C12H10BrN3O3. The third-order valence-electron chi connectivity index (χ3n) is 2.39. The van der Waals surface area contributed by atoms with Crippen LogP contribution in [0, 0.1) is 10.1 Å². The number of halogens is 1. The Balaban J connectivity index is 2.40. The number of ether oxygens (including phenoxy) is 1. The molecular weight excluding hydrogens is 314 g/mol. The first kappa shape index (κ1) is 13.4. The Morgan fingerprint density at radius 1 is 1.42 bits per heavy atom. The second kappa shape index (κ2) is 5.77. The number of hydrogen-bond donors (Lipinski definition) is 1. The van der Waals surface area contributed by atoms with E-state index in [0.29, 0.717) is 16.8 Å². The largest absolute Gasteiger partial charge is 0.449 e. The molecule has 0 amide bonds. The summed E-state index contributed by atoms with van der Waals surface area (Å²) in [7, 11) is 0. The van der Waals surface area contributed by atoms with Crippen molar-refractivity contribution in [3.05, 3.63) is 56.8 Å². The molecule has 1 aromatic heterocycles. The molecule has 0 saturated heterocycles. The Labute approximate surface area is 117 Å². The van der Waals surface area contributed by atoms with Crippen LogP contribution in [0.3, 0.4) is 0 Å². The summed E-state index contributed by atoms with van der Waals surface area (Å²) in [4.78, 5) is 14.1. The number of rotatable bonds is 4. The first-order valence-corrected chi connectivity index (χ1v) is 6.16. The predicted molar refractivity (Wildman–Crippen MR) is 73.0 cm³/mol. The van der Waals surface area contributed by atoms with Crippen LogP contribution in [-0.2, 0) is 6.54 Å². The third kappa shape index (κ3) is 3.07. The van der Waals surface area contributed by atoms with Crippen molar-refractivity contribution in [1.82, 2.24) is 4.98 Å². The molecule has 1 aromatic carbocycles. The number of nitrogens with zero attached hydrogens (tertiary/aromatic N) is 2. The minimum Gasteiger partial charge on any atom is -0.449 e. The molecule has 2 rings (SSSR count). The van der Waals surface area contributed by atoms with E-state index in [1.54, 1.807) is 18.2 Å². The van der Waals surface area contributed by atoms with Crippen LogP contribution < -0.4 is 10.5 Å². The lowest BCUT2D eigenvalue weighted by Gasteiger charge is -2.08. The molecule has 98 valence electrons. The summed E-state index contributed by atoms with van der Waals surface area (Å²) < 4.78 is 5.98. The molecule has 0 spiro atoms. The number of pyridine rings is 1. The van der Waals surface area contributed by atoms with E-state index in [4.69, 9.17) is 10.5 Å². The topological polar surface area (TPSA) is 91.3 Å². The van der Waals surface area contributed by atoms with Gasteiger partial charge in [-0.15, -0.1) is 0 Å². The van der Waals surface area contributed by atoms with Crippen molar-refractivity contribution in [2.45, 2.75) is 6.54 Å². The molecule has 0 aliphatic rings. The van der Waals surface area contributed by atoms with Crippen LogP contribution in [0.2, 0.25) is 0 Å². The maximum Gasteiger partial charge on any atom is 0.330 e. The Morgan fingerprint density at radius 3 is 2.89 bits per heavy atom. The quantitative estimate of drug-likeness (QED) is 0.689. The van der Waals surface area contributed by atoms with Gasteiger partial charge in [0, 0.05) is 12.7 Å². The van der Waals surface area contributed by atoms with Crippen molar-refractivity contribution in [2.24, 2.45) is 5.73 Å². The van der Waals surface area contributed by atoms with Gasteiger partial charge in [0.05, 0.1) is 9.40 Å². The number of nitro groups is 1. The zero-order chi connectivity index (χ0) is 13.8. The molecule has 6 nitrogen and oxygen atoms in total. The lowest BCUT2D eigenvalue weighted by atomic mass is 10.2. The van der Waals surface area contributed by atoms with E-state index in [-0.39, 0.29) is 11.4 Å². The molecule has 2 N–H and O–H groups in total. The van der Waals surface area contributed by atoms with Gasteiger partial charge in [0.1, 0.15) is 11.9 Å². The molecule has 0 aliphatic carbocycles. The molecule has 7 heteroatoms. The van der Waals surface area contributed by atoms with Crippen LogP contribution in [0.4, 0.5) is 5.69 Å². The van der Waals surface area contributed by atoms with Crippen molar-refractivity contribution in [3.63, 3.8) is 0 Å². The molecule has 19 heavy (non-hydrogen) atoms. The summed E-state index contributed by atoms with van der Waals surface area (Å²) in [5.74, 6) is 0.604. The number of aromatic nitrogens is 1. The summed E-state index contributed by atoms with van der Waals surface area (Å²) in [6.45, 7) is 0.372. The highest BCUT2D eigenvalue weighted by Gasteiger charge is 2.19. The van der Waals surface area contributed by atoms with Crippen molar-refractivity contribution in [1.29, 1.82) is 0 Å². The average Bonchev–Trinajstić information content (AvgIpc) is 2.41. The second-order valence-electron chi connectivity index (χ2n) is 3.68. The SMILES string of the molecule is NCc1cccc(Oc2c(Br)cncc2[N+](=O)[O-])c1. The van der Waals surface area contributed by atoms with E-state index in [1.165, 1.54) is 6.20 Å². The smallest absolute Gasteiger partial charge is 0.330 e. The van der Waals surface area contributed by atoms with Crippen molar-refractivity contribution in [3.8, 4) is 11.5 Å². The Morgan fingerprint density at radius 2 is 2.21 bits per heavy atom. The molecule has 0 unspecified atom stereocenters. The van der Waals surface area contributed by atoms with E-state index in [9.17, 15) is 10.1 Å². The summed E-state index contributed by atoms with van der Waals surface area (Å²) >= 11 is 3.19. The monoisotopic (exact) mass is 323 g/mol. The molecule has 0 atom stereocenters. The minimum absolute atomic E-state index is 0.120. The maximum atomic E-state index is 10.9. The lowest BCUT2D eigenvalue weighted by molar-refractivity contribution is -0.386.